The van der Waals surface area contributed by atoms with Gasteiger partial charge in [0.05, 0.1) is 15.8 Å². The van der Waals surface area contributed by atoms with Crippen molar-refractivity contribution in [3.63, 3.8) is 0 Å². The number of rotatable bonds is 2. The second-order valence-electron chi connectivity index (χ2n) is 5.61. The van der Waals surface area contributed by atoms with E-state index in [1.165, 1.54) is 0 Å². The predicted molar refractivity (Wildman–Crippen MR) is 90.2 cm³/mol. The number of pyridine rings is 1. The number of hydrogen-bond acceptors (Lipinski definition) is 5. The maximum Gasteiger partial charge on any atom is 0.182 e. The van der Waals surface area contributed by atoms with E-state index in [1.54, 1.807) is 12.3 Å². The number of halogens is 1. The number of hydrogen-bond donors (Lipinski definition) is 2. The van der Waals surface area contributed by atoms with Gasteiger partial charge in [0.15, 0.2) is 11.5 Å². The molecule has 8 heteroatoms. The highest BCUT2D eigenvalue weighted by atomic mass is 35.5. The summed E-state index contributed by atoms with van der Waals surface area (Å²) in [6, 6.07) is 3.98. The Morgan fingerprint density at radius 3 is 2.87 bits per heavy atom. The molecule has 0 aliphatic rings. The van der Waals surface area contributed by atoms with Crippen LogP contribution in [0.25, 0.3) is 33.6 Å². The van der Waals surface area contributed by atoms with Crippen molar-refractivity contribution in [3.8, 4) is 11.5 Å². The van der Waals surface area contributed by atoms with Crippen molar-refractivity contribution >= 4 is 39.5 Å². The molecule has 0 bridgehead atoms. The van der Waals surface area contributed by atoms with E-state index in [-0.39, 0.29) is 6.04 Å². The van der Waals surface area contributed by atoms with Gasteiger partial charge in [0.1, 0.15) is 17.2 Å². The molecule has 0 unspecified atom stereocenters. The molecule has 0 aliphatic carbocycles. The lowest BCUT2D eigenvalue weighted by atomic mass is 10.2. The fourth-order valence-corrected chi connectivity index (χ4v) is 2.79. The summed E-state index contributed by atoms with van der Waals surface area (Å²) in [4.78, 5) is 13.3. The van der Waals surface area contributed by atoms with Crippen molar-refractivity contribution in [2.45, 2.75) is 19.9 Å². The smallest absolute Gasteiger partial charge is 0.182 e. The average molecular weight is 328 g/mol. The first-order valence-corrected chi connectivity index (χ1v) is 7.56. The molecule has 4 aromatic rings. The van der Waals surface area contributed by atoms with Crippen LogP contribution in [-0.4, -0.2) is 29.7 Å². The standard InChI is InChI=1S/C15H14ClN7/c1-7(2)23-4-3-9-12(17)19-14(20-15(9)23)11-10-5-8(16)6-18-13(10)22-21-11/h3-7H,1-2H3,(H2,17,19,20)(H,18,21,22). The lowest BCUT2D eigenvalue weighted by Crippen LogP contribution is -2.03. The molecular formula is C15H14ClN7. The van der Waals surface area contributed by atoms with Crippen molar-refractivity contribution in [1.82, 2.24) is 29.7 Å². The molecule has 0 saturated carbocycles. The van der Waals surface area contributed by atoms with Crippen LogP contribution in [0.4, 0.5) is 5.82 Å². The molecule has 7 nitrogen and oxygen atoms in total. The van der Waals surface area contributed by atoms with Crippen LogP contribution in [0.15, 0.2) is 24.5 Å². The molecule has 3 N–H and O–H groups in total. The Morgan fingerprint density at radius 1 is 1.26 bits per heavy atom. The maximum absolute atomic E-state index is 6.11. The summed E-state index contributed by atoms with van der Waals surface area (Å²) in [7, 11) is 0. The van der Waals surface area contributed by atoms with Crippen molar-refractivity contribution in [2.75, 3.05) is 5.73 Å². The van der Waals surface area contributed by atoms with E-state index < -0.39 is 0 Å². The monoisotopic (exact) mass is 327 g/mol. The normalized spacial score (nSPS) is 11.8. The van der Waals surface area contributed by atoms with E-state index in [2.05, 4.69) is 43.6 Å². The Kier molecular flexibility index (Phi) is 2.99. The number of nitrogens with two attached hydrogens (primary N) is 1. The van der Waals surface area contributed by atoms with Crippen LogP contribution in [0.5, 0.6) is 0 Å². The molecule has 0 aliphatic heterocycles. The molecule has 0 aromatic carbocycles. The van der Waals surface area contributed by atoms with E-state index in [0.717, 1.165) is 16.4 Å². The summed E-state index contributed by atoms with van der Waals surface area (Å²) in [6.07, 6.45) is 3.52. The van der Waals surface area contributed by atoms with Crippen LogP contribution < -0.4 is 5.73 Å². The van der Waals surface area contributed by atoms with Gasteiger partial charge >= 0.3 is 0 Å². The molecule has 23 heavy (non-hydrogen) atoms. The summed E-state index contributed by atoms with van der Waals surface area (Å²) in [6.45, 7) is 4.18. The number of nitrogens with zero attached hydrogens (tertiary/aromatic N) is 5. The summed E-state index contributed by atoms with van der Waals surface area (Å²) in [5, 5.41) is 9.22. The van der Waals surface area contributed by atoms with Gasteiger partial charge in [0.25, 0.3) is 0 Å². The Balaban J connectivity index is 2.00. The van der Waals surface area contributed by atoms with Crippen molar-refractivity contribution in [1.29, 1.82) is 0 Å². The average Bonchev–Trinajstić information content (AvgIpc) is 3.10. The highest BCUT2D eigenvalue weighted by Crippen LogP contribution is 2.29. The molecule has 4 heterocycles. The predicted octanol–water partition coefficient (Wildman–Crippen LogP) is 3.19. The third kappa shape index (κ3) is 2.12. The third-order valence-corrected chi connectivity index (χ3v) is 3.96. The zero-order valence-corrected chi connectivity index (χ0v) is 13.3. The fourth-order valence-electron chi connectivity index (χ4n) is 2.63. The van der Waals surface area contributed by atoms with Gasteiger partial charge in [-0.2, -0.15) is 5.10 Å². The number of nitrogen functional groups attached to an aromatic ring is 1. The molecule has 0 saturated heterocycles. The van der Waals surface area contributed by atoms with Crippen molar-refractivity contribution in [2.24, 2.45) is 0 Å². The lowest BCUT2D eigenvalue weighted by Gasteiger charge is -2.09. The number of H-pyrrole nitrogens is 1. The maximum atomic E-state index is 6.11. The molecule has 4 aromatic heterocycles. The van der Waals surface area contributed by atoms with Gasteiger partial charge in [0, 0.05) is 18.4 Å². The largest absolute Gasteiger partial charge is 0.383 e. The van der Waals surface area contributed by atoms with Gasteiger partial charge in [-0.25, -0.2) is 15.0 Å². The first kappa shape index (κ1) is 14.0. The zero-order valence-electron chi connectivity index (χ0n) is 12.6. The molecular weight excluding hydrogens is 314 g/mol. The van der Waals surface area contributed by atoms with Gasteiger partial charge in [-0.3, -0.25) is 5.10 Å². The Labute approximate surface area is 136 Å². The molecule has 0 radical (unpaired) electrons. The van der Waals surface area contributed by atoms with Crippen molar-refractivity contribution in [3.05, 3.63) is 29.5 Å². The van der Waals surface area contributed by atoms with Crippen LogP contribution in [-0.2, 0) is 0 Å². The van der Waals surface area contributed by atoms with Crippen LogP contribution in [0.3, 0.4) is 0 Å². The van der Waals surface area contributed by atoms with E-state index in [0.29, 0.717) is 28.0 Å². The third-order valence-electron chi connectivity index (χ3n) is 3.76. The minimum absolute atomic E-state index is 0.268. The topological polar surface area (TPSA) is 98.3 Å². The van der Waals surface area contributed by atoms with Crippen LogP contribution >= 0.6 is 11.6 Å². The number of fused-ring (bicyclic) bond motifs is 2. The van der Waals surface area contributed by atoms with Crippen LogP contribution in [0.2, 0.25) is 5.02 Å². The quantitative estimate of drug-likeness (QED) is 0.589. The van der Waals surface area contributed by atoms with Crippen molar-refractivity contribution < 1.29 is 0 Å². The second kappa shape index (κ2) is 4.92. The molecule has 0 atom stereocenters. The summed E-state index contributed by atoms with van der Waals surface area (Å²) in [5.74, 6) is 0.907. The minimum atomic E-state index is 0.268. The molecule has 0 spiro atoms. The van der Waals surface area contributed by atoms with Gasteiger partial charge < -0.3 is 10.3 Å². The summed E-state index contributed by atoms with van der Waals surface area (Å²) < 4.78 is 2.06. The fraction of sp³-hybridized carbons (Fsp3) is 0.200. The molecule has 0 fully saturated rings. The Hall–Kier alpha value is -2.67. The van der Waals surface area contributed by atoms with E-state index in [1.807, 2.05) is 12.3 Å². The highest BCUT2D eigenvalue weighted by Gasteiger charge is 2.16. The molecule has 0 amide bonds. The molecule has 4 rings (SSSR count). The Bertz CT molecular complexity index is 1030. The van der Waals surface area contributed by atoms with Gasteiger partial charge in [-0.1, -0.05) is 11.6 Å². The molecule has 116 valence electrons. The van der Waals surface area contributed by atoms with Crippen LogP contribution in [0.1, 0.15) is 19.9 Å². The number of aromatic nitrogens is 6. The first-order chi connectivity index (χ1) is 11.0. The lowest BCUT2D eigenvalue weighted by molar-refractivity contribution is 0.618. The van der Waals surface area contributed by atoms with E-state index in [4.69, 9.17) is 17.3 Å². The SMILES string of the molecule is CC(C)n1ccc2c(N)nc(-c3[nH]nc4ncc(Cl)cc34)nc21. The number of aromatic amines is 1. The summed E-state index contributed by atoms with van der Waals surface area (Å²) in [5.41, 5.74) is 8.12. The zero-order chi connectivity index (χ0) is 16.1. The van der Waals surface area contributed by atoms with E-state index >= 15 is 0 Å². The second-order valence-corrected chi connectivity index (χ2v) is 6.05. The van der Waals surface area contributed by atoms with Gasteiger partial charge in [-0.15, -0.1) is 0 Å². The van der Waals surface area contributed by atoms with Gasteiger partial charge in [0.2, 0.25) is 0 Å². The van der Waals surface area contributed by atoms with Gasteiger partial charge in [-0.05, 0) is 26.0 Å². The summed E-state index contributed by atoms with van der Waals surface area (Å²) >= 11 is 6.04. The van der Waals surface area contributed by atoms with E-state index in [9.17, 15) is 0 Å². The van der Waals surface area contributed by atoms with Crippen LogP contribution in [0, 0.1) is 0 Å². The highest BCUT2D eigenvalue weighted by molar-refractivity contribution is 6.31. The number of nitrogens with one attached hydrogen (secondary N) is 1. The number of anilines is 1. The Morgan fingerprint density at radius 2 is 2.09 bits per heavy atom. The minimum Gasteiger partial charge on any atom is -0.383 e. The first-order valence-electron chi connectivity index (χ1n) is 7.18.